The van der Waals surface area contributed by atoms with E-state index in [2.05, 4.69) is 21.2 Å². The Morgan fingerprint density at radius 1 is 1.35 bits per heavy atom. The van der Waals surface area contributed by atoms with Gasteiger partial charge in [-0.2, -0.15) is 0 Å². The highest BCUT2D eigenvalue weighted by atomic mass is 79.9. The van der Waals surface area contributed by atoms with E-state index in [-0.39, 0.29) is 11.4 Å². The van der Waals surface area contributed by atoms with Gasteiger partial charge >= 0.3 is 0 Å². The molecule has 17 heavy (non-hydrogen) atoms. The molecule has 1 aliphatic rings. The van der Waals surface area contributed by atoms with Crippen molar-refractivity contribution in [3.63, 3.8) is 0 Å². The van der Waals surface area contributed by atoms with E-state index in [1.54, 1.807) is 0 Å². The number of hydrogen-bond donors (Lipinski definition) is 1. The first kappa shape index (κ1) is 12.6. The van der Waals surface area contributed by atoms with E-state index in [1.165, 1.54) is 12.8 Å². The van der Waals surface area contributed by atoms with Crippen LogP contribution < -0.4 is 5.32 Å². The lowest BCUT2D eigenvalue weighted by Gasteiger charge is -2.28. The van der Waals surface area contributed by atoms with Crippen molar-refractivity contribution in [2.45, 2.75) is 38.1 Å². The lowest BCUT2D eigenvalue weighted by Crippen LogP contribution is -2.47. The van der Waals surface area contributed by atoms with Crippen LogP contribution >= 0.6 is 15.9 Å². The van der Waals surface area contributed by atoms with Crippen LogP contribution in [0, 0.1) is 6.92 Å². The maximum absolute atomic E-state index is 12.3. The number of rotatable bonds is 3. The molecule has 1 aliphatic carbocycles. The van der Waals surface area contributed by atoms with E-state index in [0.29, 0.717) is 0 Å². The van der Waals surface area contributed by atoms with E-state index >= 15 is 0 Å². The summed E-state index contributed by atoms with van der Waals surface area (Å²) in [4.78, 5) is 12.3. The molecule has 3 heteroatoms. The van der Waals surface area contributed by atoms with Gasteiger partial charge in [0.1, 0.15) is 0 Å². The quantitative estimate of drug-likeness (QED) is 0.851. The Morgan fingerprint density at radius 2 is 2.00 bits per heavy atom. The average molecular weight is 296 g/mol. The number of nitrogens with one attached hydrogen (secondary N) is 1. The standard InChI is InChI=1S/C14H18BrNO/c1-11-6-2-3-7-12(11)13(17)16-14(10-15)8-4-5-9-14/h2-3,6-7H,4-5,8-10H2,1H3,(H,16,17). The smallest absolute Gasteiger partial charge is 0.252 e. The first-order valence-corrected chi connectivity index (χ1v) is 7.23. The van der Waals surface area contributed by atoms with Gasteiger partial charge in [-0.15, -0.1) is 0 Å². The van der Waals surface area contributed by atoms with Gasteiger partial charge in [-0.3, -0.25) is 4.79 Å². The molecule has 0 heterocycles. The Balaban J connectivity index is 2.14. The number of carbonyl (C=O) groups excluding carboxylic acids is 1. The van der Waals surface area contributed by atoms with Gasteiger partial charge in [-0.05, 0) is 31.4 Å². The summed E-state index contributed by atoms with van der Waals surface area (Å²) >= 11 is 3.54. The van der Waals surface area contributed by atoms with E-state index in [4.69, 9.17) is 0 Å². The summed E-state index contributed by atoms with van der Waals surface area (Å²) < 4.78 is 0. The first-order valence-electron chi connectivity index (χ1n) is 6.11. The molecule has 1 fully saturated rings. The topological polar surface area (TPSA) is 29.1 Å². The van der Waals surface area contributed by atoms with E-state index < -0.39 is 0 Å². The maximum atomic E-state index is 12.3. The number of amides is 1. The Labute approximate surface area is 111 Å². The zero-order valence-electron chi connectivity index (χ0n) is 10.1. The summed E-state index contributed by atoms with van der Waals surface area (Å²) in [5, 5.41) is 4.06. The average Bonchev–Trinajstić information content (AvgIpc) is 2.79. The van der Waals surface area contributed by atoms with Crippen molar-refractivity contribution < 1.29 is 4.79 Å². The van der Waals surface area contributed by atoms with Crippen molar-refractivity contribution in [3.05, 3.63) is 35.4 Å². The van der Waals surface area contributed by atoms with E-state index in [9.17, 15) is 4.79 Å². The lowest BCUT2D eigenvalue weighted by molar-refractivity contribution is 0.0910. The fourth-order valence-corrected chi connectivity index (χ4v) is 3.18. The van der Waals surface area contributed by atoms with Gasteiger partial charge in [-0.25, -0.2) is 0 Å². The van der Waals surface area contributed by atoms with Crippen molar-refractivity contribution in [1.29, 1.82) is 0 Å². The maximum Gasteiger partial charge on any atom is 0.252 e. The molecule has 0 radical (unpaired) electrons. The Hall–Kier alpha value is -0.830. The molecule has 0 aromatic heterocycles. The molecule has 92 valence electrons. The summed E-state index contributed by atoms with van der Waals surface area (Å²) in [6, 6.07) is 7.74. The first-order chi connectivity index (χ1) is 8.17. The highest BCUT2D eigenvalue weighted by Gasteiger charge is 2.34. The fraction of sp³-hybridized carbons (Fsp3) is 0.500. The number of halogens is 1. The van der Waals surface area contributed by atoms with Crippen LogP contribution in [0.5, 0.6) is 0 Å². The normalized spacial score (nSPS) is 18.0. The number of alkyl halides is 1. The van der Waals surface area contributed by atoms with Crippen LogP contribution in [-0.2, 0) is 0 Å². The van der Waals surface area contributed by atoms with Crippen LogP contribution in [0.25, 0.3) is 0 Å². The lowest BCUT2D eigenvalue weighted by atomic mass is 9.99. The molecule has 1 saturated carbocycles. The minimum Gasteiger partial charge on any atom is -0.346 e. The second-order valence-corrected chi connectivity index (χ2v) is 5.45. The summed E-state index contributed by atoms with van der Waals surface area (Å²) in [6.45, 7) is 1.98. The van der Waals surface area contributed by atoms with Gasteiger partial charge in [0.05, 0.1) is 5.54 Å². The molecule has 2 nitrogen and oxygen atoms in total. The second-order valence-electron chi connectivity index (χ2n) is 4.89. The molecule has 1 aromatic carbocycles. The van der Waals surface area contributed by atoms with Gasteiger partial charge in [0.15, 0.2) is 0 Å². The van der Waals surface area contributed by atoms with Crippen LogP contribution in [0.3, 0.4) is 0 Å². The zero-order chi connectivity index (χ0) is 12.3. The van der Waals surface area contributed by atoms with E-state index in [1.807, 2.05) is 31.2 Å². The zero-order valence-corrected chi connectivity index (χ0v) is 11.7. The largest absolute Gasteiger partial charge is 0.346 e. The third-order valence-corrected chi connectivity index (χ3v) is 4.66. The van der Waals surface area contributed by atoms with Crippen LogP contribution in [0.4, 0.5) is 0 Å². The predicted octanol–water partition coefficient (Wildman–Crippen LogP) is 3.43. The molecule has 0 spiro atoms. The number of aryl methyl sites for hydroxylation is 1. The van der Waals surface area contributed by atoms with Crippen LogP contribution in [0.1, 0.15) is 41.6 Å². The summed E-state index contributed by atoms with van der Waals surface area (Å²) in [5.41, 5.74) is 1.80. The van der Waals surface area contributed by atoms with Crippen molar-refractivity contribution in [2.24, 2.45) is 0 Å². The molecular formula is C14H18BrNO. The van der Waals surface area contributed by atoms with Gasteiger partial charge in [0.25, 0.3) is 5.91 Å². The summed E-state index contributed by atoms with van der Waals surface area (Å²) in [7, 11) is 0. The molecule has 1 aromatic rings. The van der Waals surface area contributed by atoms with Gasteiger partial charge in [0, 0.05) is 10.9 Å². The molecule has 0 aliphatic heterocycles. The van der Waals surface area contributed by atoms with Gasteiger partial charge in [0.2, 0.25) is 0 Å². The van der Waals surface area contributed by atoms with Crippen molar-refractivity contribution in [2.75, 3.05) is 5.33 Å². The number of carbonyl (C=O) groups is 1. The van der Waals surface area contributed by atoms with Crippen molar-refractivity contribution in [1.82, 2.24) is 5.32 Å². The minimum absolute atomic E-state index is 0.0284. The Kier molecular flexibility index (Phi) is 3.87. The Bertz CT molecular complexity index is 410. The number of benzene rings is 1. The van der Waals surface area contributed by atoms with Crippen molar-refractivity contribution >= 4 is 21.8 Å². The molecule has 0 atom stereocenters. The number of hydrogen-bond acceptors (Lipinski definition) is 1. The monoisotopic (exact) mass is 295 g/mol. The molecule has 0 unspecified atom stereocenters. The van der Waals surface area contributed by atoms with E-state index in [0.717, 1.165) is 29.3 Å². The van der Waals surface area contributed by atoms with Crippen LogP contribution in [0.2, 0.25) is 0 Å². The third kappa shape index (κ3) is 2.71. The Morgan fingerprint density at radius 3 is 2.59 bits per heavy atom. The molecule has 0 saturated heterocycles. The van der Waals surface area contributed by atoms with Crippen molar-refractivity contribution in [3.8, 4) is 0 Å². The highest BCUT2D eigenvalue weighted by Crippen LogP contribution is 2.31. The summed E-state index contributed by atoms with van der Waals surface area (Å²) in [5.74, 6) is 0.0597. The molecule has 2 rings (SSSR count). The molecule has 1 amide bonds. The van der Waals surface area contributed by atoms with Crippen LogP contribution in [0.15, 0.2) is 24.3 Å². The highest BCUT2D eigenvalue weighted by molar-refractivity contribution is 9.09. The minimum atomic E-state index is -0.0284. The third-order valence-electron chi connectivity index (χ3n) is 3.58. The second kappa shape index (κ2) is 5.21. The van der Waals surface area contributed by atoms with Crippen LogP contribution in [-0.4, -0.2) is 16.8 Å². The summed E-state index contributed by atoms with van der Waals surface area (Å²) in [6.07, 6.45) is 4.57. The molecule has 0 bridgehead atoms. The van der Waals surface area contributed by atoms with Gasteiger partial charge < -0.3 is 5.32 Å². The predicted molar refractivity (Wildman–Crippen MR) is 73.6 cm³/mol. The molecule has 1 N–H and O–H groups in total. The fourth-order valence-electron chi connectivity index (χ4n) is 2.48. The van der Waals surface area contributed by atoms with Gasteiger partial charge in [-0.1, -0.05) is 47.0 Å². The SMILES string of the molecule is Cc1ccccc1C(=O)NC1(CBr)CCCC1. The molecular weight excluding hydrogens is 278 g/mol.